The second kappa shape index (κ2) is 7.47. The summed E-state index contributed by atoms with van der Waals surface area (Å²) in [7, 11) is 0. The summed E-state index contributed by atoms with van der Waals surface area (Å²) in [6.45, 7) is 5.27. The lowest BCUT2D eigenvalue weighted by Crippen LogP contribution is -2.32. The van der Waals surface area contributed by atoms with Gasteiger partial charge in [-0.25, -0.2) is 4.99 Å². The smallest absolute Gasteiger partial charge is 0.387 e. The van der Waals surface area contributed by atoms with Crippen molar-refractivity contribution in [2.45, 2.75) is 27.0 Å². The van der Waals surface area contributed by atoms with Crippen molar-refractivity contribution < 1.29 is 13.5 Å². The van der Waals surface area contributed by atoms with Crippen molar-refractivity contribution in [3.8, 4) is 5.75 Å². The number of guanidine groups is 1. The number of ether oxygens (including phenoxy) is 1. The van der Waals surface area contributed by atoms with Crippen molar-refractivity contribution in [1.82, 2.24) is 5.32 Å². The number of hydrogen-bond acceptors (Lipinski definition) is 2. The topological polar surface area (TPSA) is 59.6 Å². The third-order valence-electron chi connectivity index (χ3n) is 2.42. The first-order valence-electron chi connectivity index (χ1n) is 6.11. The fraction of sp³-hybridized carbons (Fsp3) is 0.357. The fourth-order valence-electron chi connectivity index (χ4n) is 1.51. The minimum atomic E-state index is -2.86. The number of nitrogens with one attached hydrogen (secondary N) is 1. The van der Waals surface area contributed by atoms with Crippen molar-refractivity contribution >= 4 is 5.96 Å². The van der Waals surface area contributed by atoms with Gasteiger partial charge in [-0.3, -0.25) is 0 Å². The lowest BCUT2D eigenvalue weighted by Gasteiger charge is -2.11. The number of aryl methyl sites for hydroxylation is 1. The molecule has 0 saturated carbocycles. The Hall–Kier alpha value is -2.11. The van der Waals surface area contributed by atoms with Gasteiger partial charge in [0.15, 0.2) is 5.96 Å². The molecule has 3 N–H and O–H groups in total. The molecule has 0 heterocycles. The molecule has 0 radical (unpaired) electrons. The maximum absolute atomic E-state index is 12.3. The van der Waals surface area contributed by atoms with Gasteiger partial charge in [0, 0.05) is 12.1 Å². The van der Waals surface area contributed by atoms with Crippen LogP contribution in [0.3, 0.4) is 0 Å². The van der Waals surface area contributed by atoms with Gasteiger partial charge in [0.05, 0.1) is 6.54 Å². The van der Waals surface area contributed by atoms with E-state index in [0.717, 1.165) is 11.1 Å². The zero-order chi connectivity index (χ0) is 15.1. The van der Waals surface area contributed by atoms with E-state index in [1.54, 1.807) is 12.1 Å². The molecule has 0 spiro atoms. The van der Waals surface area contributed by atoms with Gasteiger partial charge < -0.3 is 15.8 Å². The Bertz CT molecular complexity index is 501. The molecule has 1 rings (SSSR count). The predicted octanol–water partition coefficient (Wildman–Crippen LogP) is 2.58. The van der Waals surface area contributed by atoms with E-state index in [4.69, 9.17) is 5.73 Å². The Balaban J connectivity index is 2.77. The van der Waals surface area contributed by atoms with E-state index in [9.17, 15) is 8.78 Å². The number of hydrogen-bond donors (Lipinski definition) is 2. The Morgan fingerprint density at radius 1 is 1.50 bits per heavy atom. The summed E-state index contributed by atoms with van der Waals surface area (Å²) in [5.74, 6) is 0.347. The van der Waals surface area contributed by atoms with E-state index < -0.39 is 6.61 Å². The van der Waals surface area contributed by atoms with E-state index in [2.05, 4.69) is 21.6 Å². The van der Waals surface area contributed by atoms with Crippen molar-refractivity contribution in [2.24, 2.45) is 10.7 Å². The van der Waals surface area contributed by atoms with E-state index in [-0.39, 0.29) is 18.3 Å². The van der Waals surface area contributed by atoms with Gasteiger partial charge in [0.25, 0.3) is 0 Å². The van der Waals surface area contributed by atoms with Gasteiger partial charge in [0.2, 0.25) is 0 Å². The van der Waals surface area contributed by atoms with Gasteiger partial charge in [-0.15, -0.1) is 0 Å². The summed E-state index contributed by atoms with van der Waals surface area (Å²) in [6.07, 6.45) is 0. The highest BCUT2D eigenvalue weighted by Gasteiger charge is 2.09. The average Bonchev–Trinajstić information content (AvgIpc) is 2.36. The first-order valence-corrected chi connectivity index (χ1v) is 6.11. The molecule has 6 heteroatoms. The molecule has 20 heavy (non-hydrogen) atoms. The quantitative estimate of drug-likeness (QED) is 0.479. The molecule has 0 atom stereocenters. The van der Waals surface area contributed by atoms with E-state index in [0.29, 0.717) is 12.1 Å². The summed E-state index contributed by atoms with van der Waals surface area (Å²) in [5.41, 5.74) is 8.08. The van der Waals surface area contributed by atoms with Crippen LogP contribution in [0, 0.1) is 6.92 Å². The first-order chi connectivity index (χ1) is 9.38. The monoisotopic (exact) mass is 283 g/mol. The summed E-state index contributed by atoms with van der Waals surface area (Å²) in [5, 5.41) is 2.87. The molecule has 0 bridgehead atoms. The third kappa shape index (κ3) is 5.69. The molecule has 4 nitrogen and oxygen atoms in total. The van der Waals surface area contributed by atoms with Crippen LogP contribution >= 0.6 is 0 Å². The summed E-state index contributed by atoms with van der Waals surface area (Å²) >= 11 is 0. The van der Waals surface area contributed by atoms with E-state index in [1.807, 2.05) is 13.8 Å². The fourth-order valence-corrected chi connectivity index (χ4v) is 1.51. The Morgan fingerprint density at radius 3 is 2.80 bits per heavy atom. The van der Waals surface area contributed by atoms with Crippen LogP contribution in [0.25, 0.3) is 0 Å². The Kier molecular flexibility index (Phi) is 5.96. The van der Waals surface area contributed by atoms with Crippen molar-refractivity contribution in [2.75, 3.05) is 6.54 Å². The zero-order valence-corrected chi connectivity index (χ0v) is 11.6. The van der Waals surface area contributed by atoms with Crippen LogP contribution in [-0.2, 0) is 6.54 Å². The Labute approximate surface area is 117 Å². The number of alkyl halides is 2. The number of halogens is 2. The molecule has 0 aromatic heterocycles. The molecule has 0 aliphatic rings. The van der Waals surface area contributed by atoms with Crippen LogP contribution < -0.4 is 15.8 Å². The lowest BCUT2D eigenvalue weighted by molar-refractivity contribution is -0.0504. The molecule has 0 aliphatic heterocycles. The molecule has 0 unspecified atom stereocenters. The van der Waals surface area contributed by atoms with Gasteiger partial charge in [-0.2, -0.15) is 8.78 Å². The van der Waals surface area contributed by atoms with Crippen molar-refractivity contribution in [3.05, 3.63) is 41.5 Å². The predicted molar refractivity (Wildman–Crippen MR) is 76.0 cm³/mol. The van der Waals surface area contributed by atoms with Gasteiger partial charge in [0.1, 0.15) is 5.75 Å². The van der Waals surface area contributed by atoms with Crippen LogP contribution in [0.4, 0.5) is 8.78 Å². The average molecular weight is 283 g/mol. The van der Waals surface area contributed by atoms with Crippen LogP contribution in [-0.4, -0.2) is 19.1 Å². The van der Waals surface area contributed by atoms with E-state index >= 15 is 0 Å². The highest BCUT2D eigenvalue weighted by Crippen LogP contribution is 2.22. The Morgan fingerprint density at radius 2 is 2.20 bits per heavy atom. The van der Waals surface area contributed by atoms with E-state index in [1.165, 1.54) is 6.07 Å². The van der Waals surface area contributed by atoms with Gasteiger partial charge >= 0.3 is 6.61 Å². The highest BCUT2D eigenvalue weighted by atomic mass is 19.3. The molecule has 0 amide bonds. The molecular formula is C14H19F2N3O. The molecular weight excluding hydrogens is 264 g/mol. The van der Waals surface area contributed by atoms with Crippen LogP contribution in [0.5, 0.6) is 5.75 Å². The molecule has 1 aromatic rings. The molecule has 0 aliphatic carbocycles. The number of aliphatic imine (C=N–C) groups is 1. The number of nitrogens with two attached hydrogens (primary N) is 1. The minimum Gasteiger partial charge on any atom is -0.434 e. The second-order valence-corrected chi connectivity index (χ2v) is 4.50. The summed E-state index contributed by atoms with van der Waals surface area (Å²) in [6, 6.07) is 4.95. The molecule has 110 valence electrons. The largest absolute Gasteiger partial charge is 0.434 e. The number of nitrogens with zero attached hydrogens (tertiary/aromatic N) is 1. The standard InChI is InChI=1S/C14H19F2N3O/c1-9(2)7-18-14(17)19-8-11-6-10(3)4-5-12(11)20-13(15)16/h4-6,13H,1,7-8H2,2-3H3,(H3,17,18,19). The van der Waals surface area contributed by atoms with Crippen molar-refractivity contribution in [1.29, 1.82) is 0 Å². The summed E-state index contributed by atoms with van der Waals surface area (Å²) < 4.78 is 29.1. The van der Waals surface area contributed by atoms with Crippen LogP contribution in [0.2, 0.25) is 0 Å². The van der Waals surface area contributed by atoms with Crippen molar-refractivity contribution in [3.63, 3.8) is 0 Å². The normalized spacial score (nSPS) is 11.6. The maximum atomic E-state index is 12.3. The number of benzene rings is 1. The highest BCUT2D eigenvalue weighted by molar-refractivity contribution is 5.78. The SMILES string of the molecule is C=C(C)CNC(N)=NCc1cc(C)ccc1OC(F)F. The van der Waals surface area contributed by atoms with Gasteiger partial charge in [-0.1, -0.05) is 29.8 Å². The number of rotatable bonds is 6. The molecule has 0 fully saturated rings. The second-order valence-electron chi connectivity index (χ2n) is 4.50. The maximum Gasteiger partial charge on any atom is 0.387 e. The molecule has 0 saturated heterocycles. The summed E-state index contributed by atoms with van der Waals surface area (Å²) in [4.78, 5) is 4.09. The van der Waals surface area contributed by atoms with Crippen LogP contribution in [0.15, 0.2) is 35.3 Å². The molecule has 1 aromatic carbocycles. The lowest BCUT2D eigenvalue weighted by atomic mass is 10.1. The third-order valence-corrected chi connectivity index (χ3v) is 2.42. The van der Waals surface area contributed by atoms with Gasteiger partial charge in [-0.05, 0) is 19.9 Å². The first kappa shape index (κ1) is 15.9. The zero-order valence-electron chi connectivity index (χ0n) is 11.6. The van der Waals surface area contributed by atoms with Crippen LogP contribution in [0.1, 0.15) is 18.1 Å². The minimum absolute atomic E-state index is 0.113.